The average molecular weight is 487 g/mol. The quantitative estimate of drug-likeness (QED) is 0.248. The number of halogens is 3. The van der Waals surface area contributed by atoms with Gasteiger partial charge in [-0.3, -0.25) is 4.79 Å². The molecule has 3 amide bonds. The Morgan fingerprint density at radius 2 is 1.80 bits per heavy atom. The smallest absolute Gasteiger partial charge is 0.416 e. The maximum atomic E-state index is 13.2. The highest BCUT2D eigenvalue weighted by Crippen LogP contribution is 2.33. The van der Waals surface area contributed by atoms with Gasteiger partial charge in [0.2, 0.25) is 0 Å². The Balaban J connectivity index is 1.55. The number of urea groups is 1. The summed E-state index contributed by atoms with van der Waals surface area (Å²) in [5.74, 6) is -1.16. The van der Waals surface area contributed by atoms with Crippen LogP contribution in [-0.2, 0) is 6.18 Å². The number of carbonyl (C=O) groups excluding carboxylic acids is 2. The van der Waals surface area contributed by atoms with E-state index in [9.17, 15) is 28.0 Å². The summed E-state index contributed by atoms with van der Waals surface area (Å²) in [4.78, 5) is 23.9. The lowest BCUT2D eigenvalue weighted by molar-refractivity contribution is -0.606. The monoisotopic (exact) mass is 487 g/mol. The van der Waals surface area contributed by atoms with E-state index in [2.05, 4.69) is 20.9 Å². The molecule has 35 heavy (non-hydrogen) atoms. The lowest BCUT2D eigenvalue weighted by Gasteiger charge is -2.15. The molecule has 0 aliphatic heterocycles. The van der Waals surface area contributed by atoms with E-state index in [1.807, 2.05) is 0 Å². The standard InChI is InChI=1S/C20H16F3N9O3/c21-20(22,23)11-1-6-15(31-8-7-26-29-31)14(9-11)28-19(34)27-12-2-4-13(5-3-12)30-10-32(35)16(17(30)24)18(25)33/h1-10H,24H2,(H2,25,33)(H2,27,28,34). The van der Waals surface area contributed by atoms with E-state index < -0.39 is 29.4 Å². The third kappa shape index (κ3) is 4.68. The Morgan fingerprint density at radius 1 is 1.09 bits per heavy atom. The number of rotatable bonds is 5. The summed E-state index contributed by atoms with van der Waals surface area (Å²) in [6.45, 7) is 0. The maximum Gasteiger partial charge on any atom is 0.416 e. The highest BCUT2D eigenvalue weighted by atomic mass is 19.4. The van der Waals surface area contributed by atoms with E-state index in [1.165, 1.54) is 45.9 Å². The molecule has 0 saturated heterocycles. The van der Waals surface area contributed by atoms with Crippen molar-refractivity contribution in [1.29, 1.82) is 0 Å². The van der Waals surface area contributed by atoms with Crippen LogP contribution in [0.1, 0.15) is 16.1 Å². The van der Waals surface area contributed by atoms with Gasteiger partial charge in [-0.05, 0) is 42.5 Å². The molecule has 2 aromatic heterocycles. The zero-order valence-electron chi connectivity index (χ0n) is 17.5. The first-order valence-corrected chi connectivity index (χ1v) is 9.71. The SMILES string of the molecule is NC(=O)c1c(N)n(-c2ccc(NC(=O)Nc3cc(C(F)(F)F)ccc3-n3ccnn3)cc2)c[n+]1[O-]. The predicted octanol–water partition coefficient (Wildman–Crippen LogP) is 2.04. The summed E-state index contributed by atoms with van der Waals surface area (Å²) >= 11 is 0. The molecule has 2 aromatic carbocycles. The van der Waals surface area contributed by atoms with Gasteiger partial charge in [0, 0.05) is 5.69 Å². The molecule has 4 aromatic rings. The predicted molar refractivity (Wildman–Crippen MR) is 117 cm³/mol. The van der Waals surface area contributed by atoms with Gasteiger partial charge in [-0.25, -0.2) is 14.2 Å². The zero-order valence-corrected chi connectivity index (χ0v) is 17.5. The van der Waals surface area contributed by atoms with Gasteiger partial charge in [0.05, 0.1) is 29.3 Å². The summed E-state index contributed by atoms with van der Waals surface area (Å²) in [6, 6.07) is 7.86. The van der Waals surface area contributed by atoms with Crippen LogP contribution < -0.4 is 26.8 Å². The van der Waals surface area contributed by atoms with Crippen molar-refractivity contribution in [2.24, 2.45) is 5.73 Å². The second kappa shape index (κ2) is 8.69. The third-order valence-electron chi connectivity index (χ3n) is 4.82. The fourth-order valence-electron chi connectivity index (χ4n) is 3.23. The van der Waals surface area contributed by atoms with Gasteiger partial charge >= 0.3 is 12.2 Å². The van der Waals surface area contributed by atoms with Crippen LogP contribution in [-0.4, -0.2) is 31.5 Å². The summed E-state index contributed by atoms with van der Waals surface area (Å²) in [5.41, 5.74) is 10.2. The van der Waals surface area contributed by atoms with Gasteiger partial charge in [-0.15, -0.1) is 5.10 Å². The Labute approximate surface area is 194 Å². The van der Waals surface area contributed by atoms with E-state index in [0.29, 0.717) is 5.69 Å². The Kier molecular flexibility index (Phi) is 5.74. The molecule has 0 unspecified atom stereocenters. The fourth-order valence-corrected chi connectivity index (χ4v) is 3.23. The number of imidazole rings is 1. The summed E-state index contributed by atoms with van der Waals surface area (Å²) in [5, 5.41) is 24.1. The number of nitrogens with zero attached hydrogens (tertiary/aromatic N) is 5. The summed E-state index contributed by atoms with van der Waals surface area (Å²) in [7, 11) is 0. The molecule has 0 atom stereocenters. The van der Waals surface area contributed by atoms with Crippen molar-refractivity contribution >= 4 is 29.1 Å². The van der Waals surface area contributed by atoms with Crippen molar-refractivity contribution in [2.75, 3.05) is 16.4 Å². The average Bonchev–Trinajstić information content (AvgIpc) is 3.41. The molecule has 0 fully saturated rings. The zero-order chi connectivity index (χ0) is 25.3. The fraction of sp³-hybridized carbons (Fsp3) is 0.0500. The lowest BCUT2D eigenvalue weighted by Crippen LogP contribution is -2.34. The molecule has 6 N–H and O–H groups in total. The van der Waals surface area contributed by atoms with Crippen molar-refractivity contribution in [3.63, 3.8) is 0 Å². The molecule has 0 aliphatic carbocycles. The number of nitrogen functional groups attached to an aromatic ring is 1. The first-order chi connectivity index (χ1) is 16.5. The molecule has 0 aliphatic rings. The van der Waals surface area contributed by atoms with Gasteiger partial charge < -0.3 is 27.3 Å². The van der Waals surface area contributed by atoms with Crippen molar-refractivity contribution in [3.8, 4) is 11.4 Å². The molecular weight excluding hydrogens is 471 g/mol. The second-order valence-electron chi connectivity index (χ2n) is 7.11. The largest absolute Gasteiger partial charge is 0.710 e. The van der Waals surface area contributed by atoms with E-state index in [4.69, 9.17) is 11.5 Å². The van der Waals surface area contributed by atoms with Crippen molar-refractivity contribution in [2.45, 2.75) is 6.18 Å². The number of benzene rings is 2. The summed E-state index contributed by atoms with van der Waals surface area (Å²) in [6.07, 6.45) is -0.863. The van der Waals surface area contributed by atoms with E-state index in [1.54, 1.807) is 0 Å². The number of alkyl halides is 3. The minimum absolute atomic E-state index is 0.154. The number of hydrogen-bond donors (Lipinski definition) is 4. The Bertz CT molecular complexity index is 1400. The molecule has 2 heterocycles. The Hall–Kier alpha value is -5.08. The molecule has 0 spiro atoms. The van der Waals surface area contributed by atoms with Crippen molar-refractivity contribution in [3.05, 3.63) is 77.7 Å². The van der Waals surface area contributed by atoms with Gasteiger partial charge in [-0.1, -0.05) is 5.21 Å². The number of amides is 3. The van der Waals surface area contributed by atoms with Crippen LogP contribution in [0.2, 0.25) is 0 Å². The first kappa shape index (κ1) is 23.1. The highest BCUT2D eigenvalue weighted by molar-refractivity contribution is 6.01. The van der Waals surface area contributed by atoms with Crippen molar-refractivity contribution < 1.29 is 27.5 Å². The third-order valence-corrected chi connectivity index (χ3v) is 4.82. The number of anilines is 3. The maximum absolute atomic E-state index is 13.2. The minimum Gasteiger partial charge on any atom is -0.710 e. The van der Waals surface area contributed by atoms with E-state index >= 15 is 0 Å². The number of carbonyl (C=O) groups is 2. The highest BCUT2D eigenvalue weighted by Gasteiger charge is 2.31. The topological polar surface area (TPSA) is 173 Å². The molecule has 4 rings (SSSR count). The summed E-state index contributed by atoms with van der Waals surface area (Å²) < 4.78 is 42.2. The van der Waals surface area contributed by atoms with Crippen LogP contribution in [0.25, 0.3) is 11.4 Å². The van der Waals surface area contributed by atoms with Gasteiger partial charge in [0.15, 0.2) is 0 Å². The molecule has 0 bridgehead atoms. The Morgan fingerprint density at radius 3 is 2.37 bits per heavy atom. The number of nitrogens with one attached hydrogen (secondary N) is 2. The normalized spacial score (nSPS) is 11.3. The molecular formula is C20H16F3N9O3. The number of primary amides is 1. The van der Waals surface area contributed by atoms with E-state index in [-0.39, 0.29) is 27.6 Å². The van der Waals surface area contributed by atoms with Crippen LogP contribution in [0.4, 0.5) is 35.2 Å². The number of aromatic nitrogens is 5. The molecule has 0 saturated carbocycles. The van der Waals surface area contributed by atoms with Crippen LogP contribution in [0, 0.1) is 5.21 Å². The van der Waals surface area contributed by atoms with Crippen LogP contribution in [0.3, 0.4) is 0 Å². The van der Waals surface area contributed by atoms with Gasteiger partial charge in [0.25, 0.3) is 23.7 Å². The van der Waals surface area contributed by atoms with Crippen molar-refractivity contribution in [1.82, 2.24) is 19.6 Å². The van der Waals surface area contributed by atoms with Crippen LogP contribution in [0.15, 0.2) is 61.2 Å². The van der Waals surface area contributed by atoms with E-state index in [0.717, 1.165) is 24.5 Å². The number of nitrogens with two attached hydrogens (primary N) is 2. The molecule has 12 nitrogen and oxygen atoms in total. The van der Waals surface area contributed by atoms with Crippen LogP contribution >= 0.6 is 0 Å². The minimum atomic E-state index is -4.62. The number of hydrogen-bond acceptors (Lipinski definition) is 6. The van der Waals surface area contributed by atoms with Gasteiger partial charge in [0.1, 0.15) is 5.69 Å². The molecule has 180 valence electrons. The molecule has 0 radical (unpaired) electrons. The first-order valence-electron chi connectivity index (χ1n) is 9.71. The van der Waals surface area contributed by atoms with Gasteiger partial charge in [-0.2, -0.15) is 17.7 Å². The second-order valence-corrected chi connectivity index (χ2v) is 7.11. The van der Waals surface area contributed by atoms with Crippen LogP contribution in [0.5, 0.6) is 0 Å². The molecule has 15 heteroatoms. The lowest BCUT2D eigenvalue weighted by atomic mass is 10.1.